The van der Waals surface area contributed by atoms with E-state index in [2.05, 4.69) is 26.6 Å². The summed E-state index contributed by atoms with van der Waals surface area (Å²) in [6.45, 7) is 6.27. The molecule has 0 aliphatic carbocycles. The van der Waals surface area contributed by atoms with Crippen molar-refractivity contribution in [2.75, 3.05) is 17.2 Å². The first kappa shape index (κ1) is 27.3. The summed E-state index contributed by atoms with van der Waals surface area (Å²) in [7, 11) is 0. The number of carbonyl (C=O) groups is 1. The van der Waals surface area contributed by atoms with E-state index < -0.39 is 6.04 Å². The van der Waals surface area contributed by atoms with Gasteiger partial charge in [0, 0.05) is 32.2 Å². The zero-order valence-electron chi connectivity index (χ0n) is 21.7. The Bertz CT molecular complexity index is 1570. The fourth-order valence-corrected chi connectivity index (χ4v) is 5.95. The van der Waals surface area contributed by atoms with Crippen LogP contribution < -0.4 is 15.4 Å². The molecule has 1 amide bonds. The van der Waals surface area contributed by atoms with E-state index >= 15 is 0 Å². The molecule has 7 nitrogen and oxygen atoms in total. The van der Waals surface area contributed by atoms with Crippen molar-refractivity contribution in [3.63, 3.8) is 0 Å². The molecule has 3 aromatic carbocycles. The minimum atomic E-state index is -0.577. The van der Waals surface area contributed by atoms with Crippen molar-refractivity contribution in [3.8, 4) is 5.75 Å². The first-order chi connectivity index (χ1) is 18.9. The number of thioether (sulfide) groups is 1. The molecule has 200 valence electrons. The lowest BCUT2D eigenvalue weighted by Gasteiger charge is -2.30. The van der Waals surface area contributed by atoms with Gasteiger partial charge in [0.25, 0.3) is 5.91 Å². The number of carbonyl (C=O) groups excluding carboxylic acids is 1. The summed E-state index contributed by atoms with van der Waals surface area (Å²) in [5, 5.41) is 12.5. The second-order valence-corrected chi connectivity index (χ2v) is 11.3. The van der Waals surface area contributed by atoms with Crippen molar-refractivity contribution in [2.24, 2.45) is 0 Å². The SMILES string of the molecule is CCOc1ccc(Br)cc1C1C(C(=O)Nc2ccccc2C)=C(C)Nc2nc(SCc3ccccc3Cl)nn21. The number of hydrogen-bond acceptors (Lipinski definition) is 6. The Kier molecular flexibility index (Phi) is 8.30. The molecule has 0 saturated heterocycles. The molecule has 0 saturated carbocycles. The van der Waals surface area contributed by atoms with Gasteiger partial charge in [0.15, 0.2) is 0 Å². The number of nitrogens with one attached hydrogen (secondary N) is 2. The lowest BCUT2D eigenvalue weighted by Crippen LogP contribution is -2.32. The summed E-state index contributed by atoms with van der Waals surface area (Å²) in [5.74, 6) is 1.61. The average molecular weight is 625 g/mol. The number of anilines is 2. The quantitative estimate of drug-likeness (QED) is 0.196. The summed E-state index contributed by atoms with van der Waals surface area (Å²) in [4.78, 5) is 18.6. The number of hydrogen-bond donors (Lipinski definition) is 2. The van der Waals surface area contributed by atoms with E-state index in [-0.39, 0.29) is 5.91 Å². The number of para-hydroxylation sites is 1. The van der Waals surface area contributed by atoms with Gasteiger partial charge in [0.2, 0.25) is 11.1 Å². The zero-order valence-corrected chi connectivity index (χ0v) is 24.8. The maximum Gasteiger partial charge on any atom is 0.255 e. The molecule has 39 heavy (non-hydrogen) atoms. The first-order valence-electron chi connectivity index (χ1n) is 12.5. The van der Waals surface area contributed by atoms with Crippen molar-refractivity contribution in [3.05, 3.63) is 104 Å². The first-order valence-corrected chi connectivity index (χ1v) is 14.6. The Morgan fingerprint density at radius 2 is 1.92 bits per heavy atom. The number of rotatable bonds is 8. The largest absolute Gasteiger partial charge is 0.494 e. The van der Waals surface area contributed by atoms with Crippen molar-refractivity contribution >= 4 is 56.8 Å². The number of fused-ring (bicyclic) bond motifs is 1. The van der Waals surface area contributed by atoms with Gasteiger partial charge < -0.3 is 15.4 Å². The highest BCUT2D eigenvalue weighted by molar-refractivity contribution is 9.10. The number of benzene rings is 3. The lowest BCUT2D eigenvalue weighted by atomic mass is 9.94. The van der Waals surface area contributed by atoms with E-state index in [0.717, 1.165) is 26.9 Å². The molecule has 1 unspecified atom stereocenters. The topological polar surface area (TPSA) is 81.1 Å². The molecule has 2 N–H and O–H groups in total. The smallest absolute Gasteiger partial charge is 0.255 e. The van der Waals surface area contributed by atoms with Crippen molar-refractivity contribution < 1.29 is 9.53 Å². The summed E-state index contributed by atoms with van der Waals surface area (Å²) < 4.78 is 8.64. The van der Waals surface area contributed by atoms with Crippen molar-refractivity contribution in [1.82, 2.24) is 14.8 Å². The lowest BCUT2D eigenvalue weighted by molar-refractivity contribution is -0.113. The van der Waals surface area contributed by atoms with Crippen LogP contribution in [0.25, 0.3) is 0 Å². The van der Waals surface area contributed by atoms with Gasteiger partial charge in [-0.2, -0.15) is 4.98 Å². The third-order valence-electron chi connectivity index (χ3n) is 6.35. The highest BCUT2D eigenvalue weighted by Gasteiger charge is 2.36. The van der Waals surface area contributed by atoms with Gasteiger partial charge in [-0.25, -0.2) is 4.68 Å². The number of aryl methyl sites for hydroxylation is 1. The number of nitrogens with zero attached hydrogens (tertiary/aromatic N) is 3. The van der Waals surface area contributed by atoms with Gasteiger partial charge >= 0.3 is 0 Å². The molecule has 0 radical (unpaired) electrons. The van der Waals surface area contributed by atoms with Crippen LogP contribution in [0.3, 0.4) is 0 Å². The molecular weight excluding hydrogens is 598 g/mol. The fourth-order valence-electron chi connectivity index (χ4n) is 4.45. The van der Waals surface area contributed by atoms with Crippen molar-refractivity contribution in [1.29, 1.82) is 0 Å². The normalized spacial score (nSPS) is 14.5. The second kappa shape index (κ2) is 11.9. The summed E-state index contributed by atoms with van der Waals surface area (Å²) in [6, 6.07) is 20.6. The monoisotopic (exact) mass is 623 g/mol. The van der Waals surface area contributed by atoms with Crippen LogP contribution in [0.5, 0.6) is 5.75 Å². The third kappa shape index (κ3) is 5.85. The Morgan fingerprint density at radius 3 is 2.69 bits per heavy atom. The molecule has 1 aromatic heterocycles. The maximum absolute atomic E-state index is 13.9. The Morgan fingerprint density at radius 1 is 1.15 bits per heavy atom. The number of halogens is 2. The predicted molar refractivity (Wildman–Crippen MR) is 161 cm³/mol. The van der Waals surface area contributed by atoms with Crippen LogP contribution in [0.2, 0.25) is 5.02 Å². The number of allylic oxidation sites excluding steroid dienone is 1. The van der Waals surface area contributed by atoms with E-state index in [1.54, 1.807) is 4.68 Å². The highest BCUT2D eigenvalue weighted by atomic mass is 79.9. The molecule has 0 spiro atoms. The molecule has 1 aliphatic heterocycles. The van der Waals surface area contributed by atoms with Crippen LogP contribution in [-0.2, 0) is 10.5 Å². The predicted octanol–water partition coefficient (Wildman–Crippen LogP) is 7.62. The Balaban J connectivity index is 1.57. The van der Waals surface area contributed by atoms with E-state index in [0.29, 0.717) is 45.5 Å². The van der Waals surface area contributed by atoms with Crippen LogP contribution in [0.4, 0.5) is 11.6 Å². The summed E-state index contributed by atoms with van der Waals surface area (Å²) in [6.07, 6.45) is 0. The zero-order chi connectivity index (χ0) is 27.5. The minimum absolute atomic E-state index is 0.229. The Hall–Kier alpha value is -3.27. The molecule has 0 bridgehead atoms. The molecule has 5 rings (SSSR count). The Labute approximate surface area is 245 Å². The average Bonchev–Trinajstić information content (AvgIpc) is 3.32. The van der Waals surface area contributed by atoms with E-state index in [1.807, 2.05) is 87.5 Å². The standard InChI is InChI=1S/C29H27BrClN5O2S/c1-4-38-24-14-13-20(30)15-21(24)26-25(27(37)33-23-12-8-5-9-17(23)2)18(3)32-28-34-29(35-36(26)28)39-16-19-10-6-7-11-22(19)31/h5-15,26H,4,16H2,1-3H3,(H,33,37)(H,32,34,35). The molecule has 2 heterocycles. The van der Waals surface area contributed by atoms with Gasteiger partial charge in [-0.1, -0.05) is 75.7 Å². The van der Waals surface area contributed by atoms with Gasteiger partial charge in [0.05, 0.1) is 12.2 Å². The minimum Gasteiger partial charge on any atom is -0.494 e. The second-order valence-electron chi connectivity index (χ2n) is 8.99. The molecule has 0 fully saturated rings. The third-order valence-corrected chi connectivity index (χ3v) is 8.10. The van der Waals surface area contributed by atoms with Gasteiger partial charge in [0.1, 0.15) is 11.8 Å². The molecular formula is C29H27BrClN5O2S. The van der Waals surface area contributed by atoms with Crippen LogP contribution in [-0.4, -0.2) is 27.3 Å². The van der Waals surface area contributed by atoms with E-state index in [1.165, 1.54) is 11.8 Å². The van der Waals surface area contributed by atoms with Gasteiger partial charge in [-0.15, -0.1) is 5.10 Å². The van der Waals surface area contributed by atoms with Gasteiger partial charge in [-0.05, 0) is 62.2 Å². The fraction of sp³-hybridized carbons (Fsp3) is 0.207. The number of amides is 1. The van der Waals surface area contributed by atoms with Crippen LogP contribution in [0, 0.1) is 6.92 Å². The van der Waals surface area contributed by atoms with Gasteiger partial charge in [-0.3, -0.25) is 4.79 Å². The molecule has 1 aliphatic rings. The molecule has 10 heteroatoms. The number of aromatic nitrogens is 3. The van der Waals surface area contributed by atoms with E-state index in [4.69, 9.17) is 26.4 Å². The highest BCUT2D eigenvalue weighted by Crippen LogP contribution is 2.41. The summed E-state index contributed by atoms with van der Waals surface area (Å²) >= 11 is 11.5. The number of ether oxygens (including phenoxy) is 1. The van der Waals surface area contributed by atoms with E-state index in [9.17, 15) is 4.79 Å². The molecule has 1 atom stereocenters. The van der Waals surface area contributed by atoms with Crippen LogP contribution in [0.1, 0.15) is 36.6 Å². The molecule has 4 aromatic rings. The van der Waals surface area contributed by atoms with Crippen molar-refractivity contribution in [2.45, 2.75) is 37.7 Å². The van der Waals surface area contributed by atoms with Crippen LogP contribution in [0.15, 0.2) is 87.6 Å². The summed E-state index contributed by atoms with van der Waals surface area (Å²) in [5.41, 5.74) is 4.74. The van der Waals surface area contributed by atoms with Crippen LogP contribution >= 0.6 is 39.3 Å². The maximum atomic E-state index is 13.9.